The molecular weight excluding hydrogens is 248 g/mol. The van der Waals surface area contributed by atoms with Gasteiger partial charge in [-0.25, -0.2) is 0 Å². The summed E-state index contributed by atoms with van der Waals surface area (Å²) < 4.78 is 15.5. The highest BCUT2D eigenvalue weighted by Crippen LogP contribution is 2.13. The molecular formula is C13H26N2O4. The van der Waals surface area contributed by atoms with Crippen LogP contribution in [-0.4, -0.2) is 65.7 Å². The highest BCUT2D eigenvalue weighted by molar-refractivity contribution is 5.79. The van der Waals surface area contributed by atoms with Gasteiger partial charge in [-0.1, -0.05) is 0 Å². The summed E-state index contributed by atoms with van der Waals surface area (Å²) in [6.45, 7) is 3.79. The van der Waals surface area contributed by atoms with Crippen molar-refractivity contribution in [1.82, 2.24) is 10.6 Å². The molecule has 112 valence electrons. The van der Waals surface area contributed by atoms with Crippen LogP contribution in [0.1, 0.15) is 12.8 Å². The van der Waals surface area contributed by atoms with Crippen LogP contribution >= 0.6 is 0 Å². The standard InChI is InChI=1S/C13H26N2O4/c1-14-12-10-19-9-11(12)13(16)15-5-3-4-6-18-8-7-17-2/h11-12,14H,3-10H2,1-2H3,(H,15,16). The van der Waals surface area contributed by atoms with Crippen LogP contribution in [0.2, 0.25) is 0 Å². The van der Waals surface area contributed by atoms with E-state index in [9.17, 15) is 4.79 Å². The Morgan fingerprint density at radius 1 is 1.26 bits per heavy atom. The maximum absolute atomic E-state index is 11.9. The number of nitrogens with one attached hydrogen (secondary N) is 2. The van der Waals surface area contributed by atoms with Gasteiger partial charge in [-0.2, -0.15) is 0 Å². The van der Waals surface area contributed by atoms with Gasteiger partial charge in [0.2, 0.25) is 5.91 Å². The van der Waals surface area contributed by atoms with Crippen LogP contribution in [0.5, 0.6) is 0 Å². The van der Waals surface area contributed by atoms with Gasteiger partial charge >= 0.3 is 0 Å². The third kappa shape index (κ3) is 6.33. The Bertz CT molecular complexity index is 251. The van der Waals surface area contributed by atoms with Crippen LogP contribution in [0, 0.1) is 5.92 Å². The Labute approximate surface area is 115 Å². The molecule has 1 rings (SSSR count). The molecule has 1 saturated heterocycles. The number of amides is 1. The van der Waals surface area contributed by atoms with E-state index in [-0.39, 0.29) is 17.9 Å². The van der Waals surface area contributed by atoms with Crippen molar-refractivity contribution in [2.24, 2.45) is 5.92 Å². The molecule has 6 heteroatoms. The number of unbranched alkanes of at least 4 members (excludes halogenated alkanes) is 1. The summed E-state index contributed by atoms with van der Waals surface area (Å²) in [5.74, 6) is 0.0140. The van der Waals surface area contributed by atoms with E-state index in [2.05, 4.69) is 10.6 Å². The van der Waals surface area contributed by atoms with E-state index in [1.54, 1.807) is 7.11 Å². The number of hydrogen-bond donors (Lipinski definition) is 2. The smallest absolute Gasteiger partial charge is 0.227 e. The van der Waals surface area contributed by atoms with Gasteiger partial charge in [-0.15, -0.1) is 0 Å². The van der Waals surface area contributed by atoms with Crippen molar-refractivity contribution < 1.29 is 19.0 Å². The third-order valence-corrected chi connectivity index (χ3v) is 3.23. The van der Waals surface area contributed by atoms with Gasteiger partial charge in [0.1, 0.15) is 0 Å². The maximum Gasteiger partial charge on any atom is 0.227 e. The Balaban J connectivity index is 1.98. The summed E-state index contributed by atoms with van der Waals surface area (Å²) in [6, 6.07) is 0.136. The first kappa shape index (κ1) is 16.4. The van der Waals surface area contributed by atoms with Crippen molar-refractivity contribution in [3.8, 4) is 0 Å². The molecule has 0 bridgehead atoms. The van der Waals surface area contributed by atoms with E-state index in [1.807, 2.05) is 7.05 Å². The minimum absolute atomic E-state index is 0.0667. The zero-order valence-electron chi connectivity index (χ0n) is 11.9. The second-order valence-electron chi connectivity index (χ2n) is 4.64. The Morgan fingerprint density at radius 2 is 2.11 bits per heavy atom. The first-order valence-electron chi connectivity index (χ1n) is 6.89. The zero-order valence-corrected chi connectivity index (χ0v) is 11.9. The molecule has 0 saturated carbocycles. The number of carbonyl (C=O) groups excluding carboxylic acids is 1. The molecule has 19 heavy (non-hydrogen) atoms. The van der Waals surface area contributed by atoms with Crippen LogP contribution in [0.25, 0.3) is 0 Å². The van der Waals surface area contributed by atoms with Gasteiger partial charge < -0.3 is 24.8 Å². The molecule has 1 aliphatic heterocycles. The lowest BCUT2D eigenvalue weighted by molar-refractivity contribution is -0.125. The van der Waals surface area contributed by atoms with Gasteiger partial charge in [0.05, 0.1) is 32.3 Å². The number of hydrogen-bond acceptors (Lipinski definition) is 5. The van der Waals surface area contributed by atoms with E-state index in [0.717, 1.165) is 12.8 Å². The molecule has 0 aliphatic carbocycles. The molecule has 2 unspecified atom stereocenters. The highest BCUT2D eigenvalue weighted by Gasteiger charge is 2.32. The fraction of sp³-hybridized carbons (Fsp3) is 0.923. The Morgan fingerprint density at radius 3 is 2.84 bits per heavy atom. The van der Waals surface area contributed by atoms with Crippen LogP contribution in [0.3, 0.4) is 0 Å². The summed E-state index contributed by atoms with van der Waals surface area (Å²) in [5.41, 5.74) is 0. The van der Waals surface area contributed by atoms with Crippen molar-refractivity contribution in [3.63, 3.8) is 0 Å². The molecule has 1 heterocycles. The molecule has 0 aromatic heterocycles. The number of carbonyl (C=O) groups is 1. The summed E-state index contributed by atoms with van der Waals surface area (Å²) in [4.78, 5) is 11.9. The molecule has 0 spiro atoms. The van der Waals surface area contributed by atoms with E-state index < -0.39 is 0 Å². The van der Waals surface area contributed by atoms with Gasteiger partial charge in [-0.05, 0) is 19.9 Å². The molecule has 0 aromatic rings. The largest absolute Gasteiger partial charge is 0.382 e. The van der Waals surface area contributed by atoms with Crippen molar-refractivity contribution in [2.75, 3.05) is 53.7 Å². The average molecular weight is 274 g/mol. The maximum atomic E-state index is 11.9. The van der Waals surface area contributed by atoms with Crippen molar-refractivity contribution in [2.45, 2.75) is 18.9 Å². The molecule has 1 aliphatic rings. The van der Waals surface area contributed by atoms with Crippen LogP contribution in [0.4, 0.5) is 0 Å². The lowest BCUT2D eigenvalue weighted by Crippen LogP contribution is -2.42. The number of methoxy groups -OCH3 is 1. The van der Waals surface area contributed by atoms with Gasteiger partial charge in [0.15, 0.2) is 0 Å². The first-order valence-corrected chi connectivity index (χ1v) is 6.89. The minimum atomic E-state index is -0.0667. The predicted octanol–water partition coefficient (Wildman–Crippen LogP) is -0.220. The summed E-state index contributed by atoms with van der Waals surface area (Å²) in [5, 5.41) is 6.06. The molecule has 1 amide bonds. The van der Waals surface area contributed by atoms with E-state index in [0.29, 0.717) is 39.6 Å². The van der Waals surface area contributed by atoms with E-state index in [4.69, 9.17) is 14.2 Å². The van der Waals surface area contributed by atoms with E-state index in [1.165, 1.54) is 0 Å². The van der Waals surface area contributed by atoms with Gasteiger partial charge in [0.25, 0.3) is 0 Å². The monoisotopic (exact) mass is 274 g/mol. The molecule has 1 fully saturated rings. The topological polar surface area (TPSA) is 68.8 Å². The second kappa shape index (κ2) is 10.1. The summed E-state index contributed by atoms with van der Waals surface area (Å²) in [7, 11) is 3.51. The fourth-order valence-corrected chi connectivity index (χ4v) is 2.01. The van der Waals surface area contributed by atoms with Crippen LogP contribution in [-0.2, 0) is 19.0 Å². The molecule has 6 nitrogen and oxygen atoms in total. The third-order valence-electron chi connectivity index (χ3n) is 3.23. The number of ether oxygens (including phenoxy) is 3. The summed E-state index contributed by atoms with van der Waals surface area (Å²) >= 11 is 0. The zero-order chi connectivity index (χ0) is 13.9. The van der Waals surface area contributed by atoms with Crippen molar-refractivity contribution >= 4 is 5.91 Å². The van der Waals surface area contributed by atoms with Gasteiger partial charge in [0, 0.05) is 26.3 Å². The number of rotatable bonds is 10. The number of likely N-dealkylation sites (N-methyl/N-ethyl adjacent to an activating group) is 1. The Hall–Kier alpha value is -0.690. The lowest BCUT2D eigenvalue weighted by Gasteiger charge is -2.16. The second-order valence-corrected chi connectivity index (χ2v) is 4.64. The minimum Gasteiger partial charge on any atom is -0.382 e. The van der Waals surface area contributed by atoms with Crippen molar-refractivity contribution in [1.29, 1.82) is 0 Å². The normalized spacial score (nSPS) is 22.6. The van der Waals surface area contributed by atoms with Crippen LogP contribution in [0.15, 0.2) is 0 Å². The first-order chi connectivity index (χ1) is 9.29. The van der Waals surface area contributed by atoms with Crippen LogP contribution < -0.4 is 10.6 Å². The fourth-order valence-electron chi connectivity index (χ4n) is 2.01. The lowest BCUT2D eigenvalue weighted by atomic mass is 10.0. The van der Waals surface area contributed by atoms with Gasteiger partial charge in [-0.3, -0.25) is 4.79 Å². The molecule has 2 atom stereocenters. The van der Waals surface area contributed by atoms with Crippen molar-refractivity contribution in [3.05, 3.63) is 0 Å². The summed E-state index contributed by atoms with van der Waals surface area (Å²) in [6.07, 6.45) is 1.87. The predicted molar refractivity (Wildman–Crippen MR) is 72.1 cm³/mol. The Kier molecular flexibility index (Phi) is 8.73. The quantitative estimate of drug-likeness (QED) is 0.539. The molecule has 0 aromatic carbocycles. The average Bonchev–Trinajstić information content (AvgIpc) is 2.90. The van der Waals surface area contributed by atoms with E-state index >= 15 is 0 Å². The molecule has 2 N–H and O–H groups in total. The molecule has 0 radical (unpaired) electrons. The highest BCUT2D eigenvalue weighted by atomic mass is 16.5. The SMILES string of the molecule is CNC1COCC1C(=O)NCCCCOCCOC.